The van der Waals surface area contributed by atoms with Crippen molar-refractivity contribution in [2.45, 2.75) is 33.6 Å². The fourth-order valence-electron chi connectivity index (χ4n) is 2.71. The van der Waals surface area contributed by atoms with E-state index in [-0.39, 0.29) is 5.41 Å². The Labute approximate surface area is 108 Å². The summed E-state index contributed by atoms with van der Waals surface area (Å²) < 4.78 is 0. The molecule has 0 amide bonds. The van der Waals surface area contributed by atoms with Crippen LogP contribution in [0.3, 0.4) is 0 Å². The maximum Gasteiger partial charge on any atom is 0.0909 e. The Kier molecular flexibility index (Phi) is 2.76. The Morgan fingerprint density at radius 1 is 1.00 bits per heavy atom. The van der Waals surface area contributed by atoms with Gasteiger partial charge in [-0.25, -0.2) is 0 Å². The summed E-state index contributed by atoms with van der Waals surface area (Å²) >= 11 is 0. The smallest absolute Gasteiger partial charge is 0.0909 e. The first-order valence-electron chi connectivity index (χ1n) is 6.22. The maximum atomic E-state index is 6.10. The number of rotatable bonds is 1. The third kappa shape index (κ3) is 1.72. The third-order valence-electron chi connectivity index (χ3n) is 4.09. The summed E-state index contributed by atoms with van der Waals surface area (Å²) in [5, 5.41) is 0. The van der Waals surface area contributed by atoms with Crippen LogP contribution in [0, 0.1) is 11.3 Å². The summed E-state index contributed by atoms with van der Waals surface area (Å²) in [5.74, 6) is 0.538. The molecular weight excluding hydrogens is 224 g/mol. The standard InChI is InChI=1S/C14H22N4/c1-14(2,3)7-5-8-9(6-7)13(18-4)12(17)11(16)10(8)15/h7H,4-6,15-17H2,1-3H3. The van der Waals surface area contributed by atoms with E-state index in [0.717, 1.165) is 29.7 Å². The van der Waals surface area contributed by atoms with Gasteiger partial charge in [-0.2, -0.15) is 0 Å². The van der Waals surface area contributed by atoms with Crippen molar-refractivity contribution in [1.82, 2.24) is 0 Å². The number of hydrogen-bond donors (Lipinski definition) is 3. The molecule has 0 saturated carbocycles. The Hall–Kier alpha value is -1.71. The first-order chi connectivity index (χ1) is 8.27. The van der Waals surface area contributed by atoms with E-state index >= 15 is 0 Å². The van der Waals surface area contributed by atoms with Crippen molar-refractivity contribution in [3.05, 3.63) is 11.1 Å². The van der Waals surface area contributed by atoms with Gasteiger partial charge in [0.1, 0.15) is 0 Å². The van der Waals surface area contributed by atoms with E-state index in [9.17, 15) is 0 Å². The van der Waals surface area contributed by atoms with Crippen molar-refractivity contribution in [3.63, 3.8) is 0 Å². The van der Waals surface area contributed by atoms with Crippen LogP contribution in [0.1, 0.15) is 31.9 Å². The average molecular weight is 246 g/mol. The highest BCUT2D eigenvalue weighted by atomic mass is 14.8. The van der Waals surface area contributed by atoms with Crippen LogP contribution in [0.25, 0.3) is 0 Å². The molecule has 4 heteroatoms. The van der Waals surface area contributed by atoms with E-state index in [4.69, 9.17) is 17.2 Å². The SMILES string of the molecule is C=Nc1c(N)c(N)c(N)c2c1CC(C(C)(C)C)C2. The first kappa shape index (κ1) is 12.7. The lowest BCUT2D eigenvalue weighted by atomic mass is 9.79. The minimum Gasteiger partial charge on any atom is -0.397 e. The van der Waals surface area contributed by atoms with Gasteiger partial charge in [-0.05, 0) is 42.0 Å². The Morgan fingerprint density at radius 2 is 1.56 bits per heavy atom. The molecule has 6 N–H and O–H groups in total. The summed E-state index contributed by atoms with van der Waals surface area (Å²) in [6.45, 7) is 10.3. The van der Waals surface area contributed by atoms with Crippen molar-refractivity contribution in [3.8, 4) is 0 Å². The fourth-order valence-corrected chi connectivity index (χ4v) is 2.71. The van der Waals surface area contributed by atoms with Crippen LogP contribution in [0.2, 0.25) is 0 Å². The molecule has 1 atom stereocenters. The van der Waals surface area contributed by atoms with Crippen LogP contribution < -0.4 is 17.2 Å². The second-order valence-corrected chi connectivity index (χ2v) is 6.18. The van der Waals surface area contributed by atoms with Gasteiger partial charge in [-0.3, -0.25) is 4.99 Å². The topological polar surface area (TPSA) is 90.4 Å². The highest BCUT2D eigenvalue weighted by Crippen LogP contribution is 2.48. The molecule has 0 saturated heterocycles. The summed E-state index contributed by atoms with van der Waals surface area (Å²) in [7, 11) is 0. The molecule has 1 aromatic carbocycles. The van der Waals surface area contributed by atoms with Crippen molar-refractivity contribution in [2.75, 3.05) is 17.2 Å². The molecule has 0 bridgehead atoms. The molecule has 2 rings (SSSR count). The Morgan fingerprint density at radius 3 is 2.06 bits per heavy atom. The van der Waals surface area contributed by atoms with Gasteiger partial charge in [-0.1, -0.05) is 20.8 Å². The number of nitrogens with zero attached hydrogens (tertiary/aromatic N) is 1. The van der Waals surface area contributed by atoms with E-state index < -0.39 is 0 Å². The van der Waals surface area contributed by atoms with Gasteiger partial charge in [-0.15, -0.1) is 0 Å². The van der Waals surface area contributed by atoms with Gasteiger partial charge in [0.05, 0.1) is 22.7 Å². The van der Waals surface area contributed by atoms with E-state index in [1.165, 1.54) is 0 Å². The zero-order chi connectivity index (χ0) is 13.7. The van der Waals surface area contributed by atoms with Crippen LogP contribution >= 0.6 is 0 Å². The van der Waals surface area contributed by atoms with Crippen LogP contribution in [-0.4, -0.2) is 6.72 Å². The number of nitrogens with two attached hydrogens (primary N) is 3. The summed E-state index contributed by atoms with van der Waals surface area (Å²) in [6.07, 6.45) is 1.89. The quantitative estimate of drug-likeness (QED) is 0.525. The number of hydrogen-bond acceptors (Lipinski definition) is 4. The lowest BCUT2D eigenvalue weighted by Crippen LogP contribution is -2.20. The van der Waals surface area contributed by atoms with Crippen molar-refractivity contribution in [1.29, 1.82) is 0 Å². The number of anilines is 3. The van der Waals surface area contributed by atoms with Gasteiger partial charge in [0.15, 0.2) is 0 Å². The van der Waals surface area contributed by atoms with E-state index in [1.807, 2.05) is 0 Å². The van der Waals surface area contributed by atoms with Crippen molar-refractivity contribution in [2.24, 2.45) is 16.3 Å². The summed E-state index contributed by atoms with van der Waals surface area (Å²) in [6, 6.07) is 0. The van der Waals surface area contributed by atoms with E-state index in [2.05, 4.69) is 32.5 Å². The van der Waals surface area contributed by atoms with Crippen molar-refractivity contribution >= 4 is 29.5 Å². The molecule has 0 aromatic heterocycles. The number of benzene rings is 1. The monoisotopic (exact) mass is 246 g/mol. The second-order valence-electron chi connectivity index (χ2n) is 6.18. The molecule has 4 nitrogen and oxygen atoms in total. The van der Waals surface area contributed by atoms with Gasteiger partial charge < -0.3 is 17.2 Å². The molecule has 1 aromatic rings. The zero-order valence-corrected chi connectivity index (χ0v) is 11.4. The largest absolute Gasteiger partial charge is 0.397 e. The molecule has 1 aliphatic carbocycles. The normalized spacial score (nSPS) is 18.7. The number of aliphatic imine (C=N–C) groups is 1. The van der Waals surface area contributed by atoms with Gasteiger partial charge in [0.25, 0.3) is 0 Å². The average Bonchev–Trinajstić information content (AvgIpc) is 2.71. The minimum atomic E-state index is 0.230. The second kappa shape index (κ2) is 3.90. The first-order valence-corrected chi connectivity index (χ1v) is 6.22. The molecule has 0 fully saturated rings. The van der Waals surface area contributed by atoms with Crippen molar-refractivity contribution < 1.29 is 0 Å². The Balaban J connectivity index is 2.59. The Bertz CT molecular complexity index is 512. The summed E-state index contributed by atoms with van der Waals surface area (Å²) in [4.78, 5) is 4.05. The van der Waals surface area contributed by atoms with Gasteiger partial charge >= 0.3 is 0 Å². The summed E-state index contributed by atoms with van der Waals surface area (Å²) in [5.41, 5.74) is 22.8. The molecule has 1 unspecified atom stereocenters. The number of nitrogen functional groups attached to an aromatic ring is 3. The fraction of sp³-hybridized carbons (Fsp3) is 0.500. The molecule has 0 spiro atoms. The van der Waals surface area contributed by atoms with Crippen LogP contribution in [-0.2, 0) is 12.8 Å². The van der Waals surface area contributed by atoms with Crippen LogP contribution in [0.15, 0.2) is 4.99 Å². The highest BCUT2D eigenvalue weighted by molar-refractivity contribution is 5.91. The molecule has 0 aliphatic heterocycles. The van der Waals surface area contributed by atoms with Crippen LogP contribution in [0.5, 0.6) is 0 Å². The zero-order valence-electron chi connectivity index (χ0n) is 11.4. The lowest BCUT2D eigenvalue weighted by Gasteiger charge is -2.26. The molecule has 98 valence electrons. The lowest BCUT2D eigenvalue weighted by molar-refractivity contribution is 0.251. The third-order valence-corrected chi connectivity index (χ3v) is 4.09. The maximum absolute atomic E-state index is 6.10. The number of fused-ring (bicyclic) bond motifs is 1. The van der Waals surface area contributed by atoms with Gasteiger partial charge in [0, 0.05) is 0 Å². The predicted octanol–water partition coefficient (Wildman–Crippen LogP) is 2.53. The minimum absolute atomic E-state index is 0.230. The van der Waals surface area contributed by atoms with Crippen LogP contribution in [0.4, 0.5) is 22.7 Å². The molecule has 0 radical (unpaired) electrons. The predicted molar refractivity (Wildman–Crippen MR) is 79.2 cm³/mol. The van der Waals surface area contributed by atoms with E-state index in [0.29, 0.717) is 23.0 Å². The van der Waals surface area contributed by atoms with Gasteiger partial charge in [0.2, 0.25) is 0 Å². The molecule has 1 aliphatic rings. The highest BCUT2D eigenvalue weighted by Gasteiger charge is 2.35. The molecule has 0 heterocycles. The molecular formula is C14H22N4. The van der Waals surface area contributed by atoms with E-state index in [1.54, 1.807) is 0 Å². The molecule has 18 heavy (non-hydrogen) atoms.